The molecule has 3 aromatic rings. The number of anilines is 1. The minimum absolute atomic E-state index is 0.507. The van der Waals surface area contributed by atoms with Gasteiger partial charge in [0.05, 0.1) is 17.4 Å². The molecule has 0 aliphatic carbocycles. The molecule has 1 aliphatic rings. The Kier molecular flexibility index (Phi) is 3.48. The molecular formula is C17H19N5. The average molecular weight is 293 g/mol. The number of piperidine rings is 1. The maximum atomic E-state index is 4.77. The fourth-order valence-corrected chi connectivity index (χ4v) is 2.97. The summed E-state index contributed by atoms with van der Waals surface area (Å²) in [4.78, 5) is 4.77. The van der Waals surface area contributed by atoms with Crippen LogP contribution in [0, 0.1) is 0 Å². The van der Waals surface area contributed by atoms with Crippen molar-refractivity contribution in [1.29, 1.82) is 0 Å². The lowest BCUT2D eigenvalue weighted by Gasteiger charge is -2.24. The van der Waals surface area contributed by atoms with Gasteiger partial charge >= 0.3 is 0 Å². The van der Waals surface area contributed by atoms with E-state index in [1.165, 1.54) is 0 Å². The molecule has 0 spiro atoms. The quantitative estimate of drug-likeness (QED) is 0.779. The molecule has 4 rings (SSSR count). The summed E-state index contributed by atoms with van der Waals surface area (Å²) in [6.45, 7) is 2.15. The fourth-order valence-electron chi connectivity index (χ4n) is 2.97. The SMILES string of the molecule is c1cc(NC2CCNCC2)nc(-c2cnn3ccccc23)c1. The largest absolute Gasteiger partial charge is 0.367 e. The van der Waals surface area contributed by atoms with Crippen LogP contribution in [0.25, 0.3) is 16.8 Å². The lowest BCUT2D eigenvalue weighted by atomic mass is 10.1. The van der Waals surface area contributed by atoms with Crippen LogP contribution in [0.3, 0.4) is 0 Å². The van der Waals surface area contributed by atoms with E-state index in [0.717, 1.165) is 48.5 Å². The number of aromatic nitrogens is 3. The highest BCUT2D eigenvalue weighted by Gasteiger charge is 2.14. The smallest absolute Gasteiger partial charge is 0.126 e. The second-order valence-corrected chi connectivity index (χ2v) is 5.67. The van der Waals surface area contributed by atoms with Gasteiger partial charge in [-0.3, -0.25) is 0 Å². The zero-order valence-electron chi connectivity index (χ0n) is 12.4. The van der Waals surface area contributed by atoms with Gasteiger partial charge in [0.25, 0.3) is 0 Å². The predicted octanol–water partition coefficient (Wildman–Crippen LogP) is 2.56. The van der Waals surface area contributed by atoms with Crippen molar-refractivity contribution < 1.29 is 0 Å². The lowest BCUT2D eigenvalue weighted by Crippen LogP contribution is -2.35. The van der Waals surface area contributed by atoms with Gasteiger partial charge in [-0.05, 0) is 50.2 Å². The summed E-state index contributed by atoms with van der Waals surface area (Å²) >= 11 is 0. The number of rotatable bonds is 3. The Balaban J connectivity index is 1.63. The van der Waals surface area contributed by atoms with Gasteiger partial charge in [0.15, 0.2) is 0 Å². The number of fused-ring (bicyclic) bond motifs is 1. The zero-order valence-corrected chi connectivity index (χ0v) is 12.4. The molecule has 0 radical (unpaired) electrons. The van der Waals surface area contributed by atoms with Gasteiger partial charge in [-0.25, -0.2) is 9.50 Å². The van der Waals surface area contributed by atoms with Crippen molar-refractivity contribution in [1.82, 2.24) is 19.9 Å². The van der Waals surface area contributed by atoms with Crippen LogP contribution in [0.1, 0.15) is 12.8 Å². The Labute approximate surface area is 129 Å². The molecule has 0 amide bonds. The Hall–Kier alpha value is -2.40. The second-order valence-electron chi connectivity index (χ2n) is 5.67. The first-order chi connectivity index (χ1) is 10.9. The molecule has 0 unspecified atom stereocenters. The first-order valence-corrected chi connectivity index (χ1v) is 7.77. The van der Waals surface area contributed by atoms with Crippen molar-refractivity contribution in [3.05, 3.63) is 48.8 Å². The highest BCUT2D eigenvalue weighted by molar-refractivity contribution is 5.78. The Morgan fingerprint density at radius 2 is 2.00 bits per heavy atom. The van der Waals surface area contributed by atoms with Crippen LogP contribution in [0.4, 0.5) is 5.82 Å². The first-order valence-electron chi connectivity index (χ1n) is 7.77. The molecule has 22 heavy (non-hydrogen) atoms. The molecule has 0 atom stereocenters. The van der Waals surface area contributed by atoms with Crippen LogP contribution in [0.2, 0.25) is 0 Å². The van der Waals surface area contributed by atoms with E-state index >= 15 is 0 Å². The van der Waals surface area contributed by atoms with Crippen LogP contribution in [0.5, 0.6) is 0 Å². The summed E-state index contributed by atoms with van der Waals surface area (Å²) in [6.07, 6.45) is 6.12. The predicted molar refractivity (Wildman–Crippen MR) is 87.9 cm³/mol. The highest BCUT2D eigenvalue weighted by Crippen LogP contribution is 2.24. The minimum atomic E-state index is 0.507. The molecule has 3 aromatic heterocycles. The van der Waals surface area contributed by atoms with Crippen LogP contribution < -0.4 is 10.6 Å². The van der Waals surface area contributed by atoms with Crippen molar-refractivity contribution in [2.45, 2.75) is 18.9 Å². The summed E-state index contributed by atoms with van der Waals surface area (Å²) in [7, 11) is 0. The van der Waals surface area contributed by atoms with Crippen LogP contribution in [0.15, 0.2) is 48.8 Å². The molecule has 1 saturated heterocycles. The topological polar surface area (TPSA) is 54.2 Å². The molecule has 1 aliphatic heterocycles. The van der Waals surface area contributed by atoms with Crippen molar-refractivity contribution in [3.8, 4) is 11.3 Å². The van der Waals surface area contributed by atoms with Gasteiger partial charge in [-0.15, -0.1) is 0 Å². The number of pyridine rings is 2. The first kappa shape index (κ1) is 13.3. The van der Waals surface area contributed by atoms with Gasteiger partial charge in [0.2, 0.25) is 0 Å². The number of hydrogen-bond donors (Lipinski definition) is 2. The molecule has 4 heterocycles. The Morgan fingerprint density at radius 1 is 1.09 bits per heavy atom. The Bertz CT molecular complexity index is 773. The lowest BCUT2D eigenvalue weighted by molar-refractivity contribution is 0.478. The average Bonchev–Trinajstić information content (AvgIpc) is 3.00. The third kappa shape index (κ3) is 2.55. The van der Waals surface area contributed by atoms with Crippen LogP contribution >= 0.6 is 0 Å². The summed E-state index contributed by atoms with van der Waals surface area (Å²) in [6, 6.07) is 12.7. The van der Waals surface area contributed by atoms with E-state index in [9.17, 15) is 0 Å². The molecular weight excluding hydrogens is 274 g/mol. The molecule has 5 heteroatoms. The number of hydrogen-bond acceptors (Lipinski definition) is 4. The fraction of sp³-hybridized carbons (Fsp3) is 0.294. The normalized spacial score (nSPS) is 16.0. The maximum Gasteiger partial charge on any atom is 0.126 e. The summed E-state index contributed by atoms with van der Waals surface area (Å²) in [5, 5.41) is 11.3. The number of nitrogens with one attached hydrogen (secondary N) is 2. The van der Waals surface area contributed by atoms with Gasteiger partial charge in [0.1, 0.15) is 5.82 Å². The molecule has 1 fully saturated rings. The third-order valence-corrected chi connectivity index (χ3v) is 4.14. The summed E-state index contributed by atoms with van der Waals surface area (Å²) in [5.41, 5.74) is 3.10. The molecule has 0 aromatic carbocycles. The van der Waals surface area contributed by atoms with E-state index in [2.05, 4.69) is 27.9 Å². The minimum Gasteiger partial charge on any atom is -0.367 e. The van der Waals surface area contributed by atoms with E-state index in [0.29, 0.717) is 6.04 Å². The van der Waals surface area contributed by atoms with Gasteiger partial charge in [-0.2, -0.15) is 5.10 Å². The van der Waals surface area contributed by atoms with Crippen molar-refractivity contribution in [2.24, 2.45) is 0 Å². The zero-order chi connectivity index (χ0) is 14.8. The maximum absolute atomic E-state index is 4.77. The van der Waals surface area contributed by atoms with Gasteiger partial charge in [0, 0.05) is 17.8 Å². The van der Waals surface area contributed by atoms with Crippen LogP contribution in [-0.2, 0) is 0 Å². The standard InChI is InChI=1S/C17H19N5/c1-2-11-22-16(5-1)14(12-19-22)15-4-3-6-17(21-15)20-13-7-9-18-10-8-13/h1-6,11-13,18H,7-10H2,(H,20,21). The van der Waals surface area contributed by atoms with Gasteiger partial charge < -0.3 is 10.6 Å². The molecule has 0 bridgehead atoms. The molecule has 0 saturated carbocycles. The Morgan fingerprint density at radius 3 is 2.91 bits per heavy atom. The molecule has 5 nitrogen and oxygen atoms in total. The number of nitrogens with zero attached hydrogens (tertiary/aromatic N) is 3. The van der Waals surface area contributed by atoms with Crippen molar-refractivity contribution >= 4 is 11.3 Å². The monoisotopic (exact) mass is 293 g/mol. The highest BCUT2D eigenvalue weighted by atomic mass is 15.2. The van der Waals surface area contributed by atoms with Crippen molar-refractivity contribution in [3.63, 3.8) is 0 Å². The van der Waals surface area contributed by atoms with Crippen LogP contribution in [-0.4, -0.2) is 33.7 Å². The molecule has 112 valence electrons. The van der Waals surface area contributed by atoms with E-state index in [4.69, 9.17) is 4.98 Å². The second kappa shape index (κ2) is 5.77. The third-order valence-electron chi connectivity index (χ3n) is 4.14. The van der Waals surface area contributed by atoms with E-state index in [1.54, 1.807) is 0 Å². The summed E-state index contributed by atoms with van der Waals surface area (Å²) in [5.74, 6) is 0.944. The summed E-state index contributed by atoms with van der Waals surface area (Å²) < 4.78 is 1.88. The van der Waals surface area contributed by atoms with E-state index in [-0.39, 0.29) is 0 Å². The molecule has 2 N–H and O–H groups in total. The van der Waals surface area contributed by atoms with Crippen molar-refractivity contribution in [2.75, 3.05) is 18.4 Å². The van der Waals surface area contributed by atoms with E-state index in [1.807, 2.05) is 41.2 Å². The van der Waals surface area contributed by atoms with E-state index < -0.39 is 0 Å². The van der Waals surface area contributed by atoms with Gasteiger partial charge in [-0.1, -0.05) is 12.1 Å².